The van der Waals surface area contributed by atoms with E-state index < -0.39 is 24.9 Å². The van der Waals surface area contributed by atoms with Crippen LogP contribution in [0.4, 0.5) is 8.78 Å². The largest absolute Gasteiger partial charge is 0.339 e. The van der Waals surface area contributed by atoms with Crippen LogP contribution in [0.25, 0.3) is 0 Å². The lowest BCUT2D eigenvalue weighted by molar-refractivity contribution is -0.132. The second-order valence-electron chi connectivity index (χ2n) is 3.91. The first-order valence-electron chi connectivity index (χ1n) is 5.33. The molecular formula is C12H16F2N2O. The van der Waals surface area contributed by atoms with E-state index in [1.807, 2.05) is 30.3 Å². The van der Waals surface area contributed by atoms with E-state index in [1.165, 1.54) is 7.05 Å². The molecule has 0 radical (unpaired) electrons. The maximum atomic E-state index is 12.1. The van der Waals surface area contributed by atoms with Crippen LogP contribution >= 0.6 is 0 Å². The predicted octanol–water partition coefficient (Wildman–Crippen LogP) is 1.28. The van der Waals surface area contributed by atoms with Crippen LogP contribution in [0.3, 0.4) is 0 Å². The number of likely N-dealkylation sites (N-methyl/N-ethyl adjacent to an activating group) is 1. The van der Waals surface area contributed by atoms with Gasteiger partial charge in [-0.15, -0.1) is 0 Å². The van der Waals surface area contributed by atoms with Gasteiger partial charge in [0.2, 0.25) is 5.91 Å². The molecule has 0 fully saturated rings. The molecule has 0 bridgehead atoms. The van der Waals surface area contributed by atoms with Crippen molar-refractivity contribution in [1.29, 1.82) is 0 Å². The average Bonchev–Trinajstić information content (AvgIpc) is 2.28. The minimum atomic E-state index is -2.53. The third kappa shape index (κ3) is 4.48. The van der Waals surface area contributed by atoms with Crippen molar-refractivity contribution >= 4 is 5.91 Å². The number of amides is 1. The highest BCUT2D eigenvalue weighted by Crippen LogP contribution is 2.05. The lowest BCUT2D eigenvalue weighted by atomic mass is 10.1. The molecule has 17 heavy (non-hydrogen) atoms. The number of carbonyl (C=O) groups excluding carboxylic acids is 1. The number of nitrogens with two attached hydrogens (primary N) is 1. The van der Waals surface area contributed by atoms with Crippen molar-refractivity contribution in [3.05, 3.63) is 35.9 Å². The Kier molecular flexibility index (Phi) is 5.03. The first-order valence-corrected chi connectivity index (χ1v) is 5.33. The molecule has 94 valence electrons. The quantitative estimate of drug-likeness (QED) is 0.845. The van der Waals surface area contributed by atoms with Crippen LogP contribution in [-0.2, 0) is 11.2 Å². The molecule has 1 amide bonds. The number of benzene rings is 1. The number of hydrogen-bond donors (Lipinski definition) is 1. The third-order valence-corrected chi connectivity index (χ3v) is 2.40. The zero-order chi connectivity index (χ0) is 12.8. The summed E-state index contributed by atoms with van der Waals surface area (Å²) < 4.78 is 24.2. The maximum Gasteiger partial charge on any atom is 0.255 e. The Bertz CT molecular complexity index is 357. The fourth-order valence-electron chi connectivity index (χ4n) is 1.54. The molecule has 3 nitrogen and oxygen atoms in total. The summed E-state index contributed by atoms with van der Waals surface area (Å²) in [5.74, 6) is -0.464. The van der Waals surface area contributed by atoms with Crippen LogP contribution in [0.2, 0.25) is 0 Å². The molecule has 0 heterocycles. The van der Waals surface area contributed by atoms with Crippen LogP contribution < -0.4 is 5.73 Å². The van der Waals surface area contributed by atoms with E-state index in [0.717, 1.165) is 10.5 Å². The molecule has 1 rings (SSSR count). The van der Waals surface area contributed by atoms with Crippen LogP contribution in [0.15, 0.2) is 30.3 Å². The van der Waals surface area contributed by atoms with Crippen molar-refractivity contribution in [2.75, 3.05) is 13.6 Å². The number of carbonyl (C=O) groups is 1. The van der Waals surface area contributed by atoms with Gasteiger partial charge < -0.3 is 10.6 Å². The topological polar surface area (TPSA) is 46.3 Å². The van der Waals surface area contributed by atoms with E-state index in [2.05, 4.69) is 0 Å². The smallest absolute Gasteiger partial charge is 0.255 e. The maximum absolute atomic E-state index is 12.1. The van der Waals surface area contributed by atoms with Gasteiger partial charge in [0, 0.05) is 7.05 Å². The monoisotopic (exact) mass is 242 g/mol. The van der Waals surface area contributed by atoms with Gasteiger partial charge in [0.25, 0.3) is 6.43 Å². The molecule has 2 N–H and O–H groups in total. The van der Waals surface area contributed by atoms with Crippen LogP contribution in [0.1, 0.15) is 5.56 Å². The van der Waals surface area contributed by atoms with Crippen molar-refractivity contribution < 1.29 is 13.6 Å². The van der Waals surface area contributed by atoms with Gasteiger partial charge in [-0.25, -0.2) is 8.78 Å². The number of rotatable bonds is 5. The SMILES string of the molecule is CN(CC(F)F)C(=O)C(N)Cc1ccccc1. The molecule has 0 saturated carbocycles. The summed E-state index contributed by atoms with van der Waals surface area (Å²) in [6, 6.07) is 8.46. The van der Waals surface area contributed by atoms with Crippen LogP contribution in [0.5, 0.6) is 0 Å². The van der Waals surface area contributed by atoms with E-state index >= 15 is 0 Å². The summed E-state index contributed by atoms with van der Waals surface area (Å²) in [5, 5.41) is 0. The minimum Gasteiger partial charge on any atom is -0.339 e. The molecule has 0 saturated heterocycles. The van der Waals surface area contributed by atoms with Crippen molar-refractivity contribution in [2.45, 2.75) is 18.9 Å². The molecule has 1 aromatic carbocycles. The van der Waals surface area contributed by atoms with Gasteiger partial charge in [0.15, 0.2) is 0 Å². The Morgan fingerprint density at radius 3 is 2.47 bits per heavy atom. The summed E-state index contributed by atoms with van der Waals surface area (Å²) in [7, 11) is 1.33. The van der Waals surface area contributed by atoms with Gasteiger partial charge in [0.05, 0.1) is 12.6 Å². The zero-order valence-corrected chi connectivity index (χ0v) is 9.64. The fourth-order valence-corrected chi connectivity index (χ4v) is 1.54. The van der Waals surface area contributed by atoms with Gasteiger partial charge in [0.1, 0.15) is 0 Å². The summed E-state index contributed by atoms with van der Waals surface area (Å²) in [5.41, 5.74) is 6.61. The van der Waals surface area contributed by atoms with Gasteiger partial charge in [-0.05, 0) is 12.0 Å². The Labute approximate surface area is 99.2 Å². The van der Waals surface area contributed by atoms with Gasteiger partial charge >= 0.3 is 0 Å². The van der Waals surface area contributed by atoms with E-state index in [1.54, 1.807) is 0 Å². The first kappa shape index (κ1) is 13.6. The molecule has 5 heteroatoms. The first-order chi connectivity index (χ1) is 8.00. The van der Waals surface area contributed by atoms with Crippen LogP contribution in [0, 0.1) is 0 Å². The second kappa shape index (κ2) is 6.30. The van der Waals surface area contributed by atoms with Crippen molar-refractivity contribution in [3.8, 4) is 0 Å². The van der Waals surface area contributed by atoms with E-state index in [9.17, 15) is 13.6 Å². The summed E-state index contributed by atoms with van der Waals surface area (Å²) >= 11 is 0. The Morgan fingerprint density at radius 2 is 1.94 bits per heavy atom. The molecule has 0 spiro atoms. The molecular weight excluding hydrogens is 226 g/mol. The van der Waals surface area contributed by atoms with Crippen LogP contribution in [-0.4, -0.2) is 36.9 Å². The fraction of sp³-hybridized carbons (Fsp3) is 0.417. The van der Waals surface area contributed by atoms with Gasteiger partial charge in [-0.1, -0.05) is 30.3 Å². The predicted molar refractivity (Wildman–Crippen MR) is 61.8 cm³/mol. The molecule has 1 unspecified atom stereocenters. The molecule has 0 aliphatic carbocycles. The van der Waals surface area contributed by atoms with E-state index in [0.29, 0.717) is 6.42 Å². The molecule has 0 aliphatic heterocycles. The second-order valence-corrected chi connectivity index (χ2v) is 3.91. The number of halogens is 2. The highest BCUT2D eigenvalue weighted by atomic mass is 19.3. The Balaban J connectivity index is 2.52. The standard InChI is InChI=1S/C12H16F2N2O/c1-16(8-11(13)14)12(17)10(15)7-9-5-3-2-4-6-9/h2-6,10-11H,7-8,15H2,1H3. The number of alkyl halides is 2. The van der Waals surface area contributed by atoms with Crippen molar-refractivity contribution in [2.24, 2.45) is 5.73 Å². The normalized spacial score (nSPS) is 12.5. The highest BCUT2D eigenvalue weighted by Gasteiger charge is 2.20. The molecule has 0 aromatic heterocycles. The summed E-state index contributed by atoms with van der Waals surface area (Å²) in [6.07, 6.45) is -2.18. The summed E-state index contributed by atoms with van der Waals surface area (Å²) in [4.78, 5) is 12.6. The molecule has 0 aliphatic rings. The van der Waals surface area contributed by atoms with Gasteiger partial charge in [-0.3, -0.25) is 4.79 Å². The lowest BCUT2D eigenvalue weighted by Crippen LogP contribution is -2.44. The van der Waals surface area contributed by atoms with Crippen molar-refractivity contribution in [3.63, 3.8) is 0 Å². The average molecular weight is 242 g/mol. The molecule has 1 aromatic rings. The third-order valence-electron chi connectivity index (χ3n) is 2.40. The Morgan fingerprint density at radius 1 is 1.35 bits per heavy atom. The van der Waals surface area contributed by atoms with Crippen molar-refractivity contribution in [1.82, 2.24) is 4.90 Å². The Hall–Kier alpha value is -1.49. The van der Waals surface area contributed by atoms with E-state index in [-0.39, 0.29) is 0 Å². The number of hydrogen-bond acceptors (Lipinski definition) is 2. The minimum absolute atomic E-state index is 0.354. The molecule has 1 atom stereocenters. The van der Waals surface area contributed by atoms with E-state index in [4.69, 9.17) is 5.73 Å². The summed E-state index contributed by atoms with van der Waals surface area (Å²) in [6.45, 7) is -0.582. The van der Waals surface area contributed by atoms with Gasteiger partial charge in [-0.2, -0.15) is 0 Å². The zero-order valence-electron chi connectivity index (χ0n) is 9.64. The lowest BCUT2D eigenvalue weighted by Gasteiger charge is -2.20. The highest BCUT2D eigenvalue weighted by molar-refractivity contribution is 5.81. The number of nitrogens with zero attached hydrogens (tertiary/aromatic N) is 1.